The van der Waals surface area contributed by atoms with Gasteiger partial charge < -0.3 is 14.6 Å². The topological polar surface area (TPSA) is 38.7 Å². The Kier molecular flexibility index (Phi) is 7.11. The standard InChI is InChI=1S/C14H20O3/c1-16-12-14-6-4-13(5-7-14)8-11-17-10-3-2-9-15/h4-8,11,15H,2-3,9-10,12H2,1H3/b11-8+. The van der Waals surface area contributed by atoms with E-state index in [1.165, 1.54) is 0 Å². The second-order valence-corrected chi connectivity index (χ2v) is 3.78. The summed E-state index contributed by atoms with van der Waals surface area (Å²) in [6.45, 7) is 1.52. The summed E-state index contributed by atoms with van der Waals surface area (Å²) >= 11 is 0. The molecule has 3 heteroatoms. The molecule has 1 rings (SSSR count). The minimum Gasteiger partial charge on any atom is -0.501 e. The van der Waals surface area contributed by atoms with Crippen LogP contribution in [0.5, 0.6) is 0 Å². The van der Waals surface area contributed by atoms with Crippen molar-refractivity contribution >= 4 is 6.08 Å². The van der Waals surface area contributed by atoms with Gasteiger partial charge in [-0.3, -0.25) is 0 Å². The number of hydrogen-bond donors (Lipinski definition) is 1. The molecule has 0 aliphatic heterocycles. The normalized spacial score (nSPS) is 10.9. The van der Waals surface area contributed by atoms with Gasteiger partial charge in [-0.2, -0.15) is 0 Å². The summed E-state index contributed by atoms with van der Waals surface area (Å²) in [7, 11) is 1.69. The number of aliphatic hydroxyl groups is 1. The number of ether oxygens (including phenoxy) is 2. The van der Waals surface area contributed by atoms with Crippen molar-refractivity contribution in [3.8, 4) is 0 Å². The zero-order chi connectivity index (χ0) is 12.3. The number of rotatable bonds is 8. The molecule has 17 heavy (non-hydrogen) atoms. The van der Waals surface area contributed by atoms with E-state index < -0.39 is 0 Å². The number of hydrogen-bond acceptors (Lipinski definition) is 3. The highest BCUT2D eigenvalue weighted by Crippen LogP contribution is 2.07. The molecule has 0 amide bonds. The van der Waals surface area contributed by atoms with E-state index in [2.05, 4.69) is 0 Å². The number of unbranched alkanes of at least 4 members (excludes halogenated alkanes) is 1. The molecule has 0 aromatic heterocycles. The largest absolute Gasteiger partial charge is 0.501 e. The van der Waals surface area contributed by atoms with E-state index in [9.17, 15) is 0 Å². The first kappa shape index (κ1) is 13.7. The maximum atomic E-state index is 8.59. The van der Waals surface area contributed by atoms with Crippen LogP contribution in [0.1, 0.15) is 24.0 Å². The van der Waals surface area contributed by atoms with Crippen molar-refractivity contribution in [3.63, 3.8) is 0 Å². The second-order valence-electron chi connectivity index (χ2n) is 3.78. The third-order valence-electron chi connectivity index (χ3n) is 2.32. The molecule has 0 saturated carbocycles. The molecule has 1 N–H and O–H groups in total. The molecular formula is C14H20O3. The molecule has 94 valence electrons. The molecule has 1 aromatic carbocycles. The van der Waals surface area contributed by atoms with Gasteiger partial charge in [-0.25, -0.2) is 0 Å². The molecule has 0 aliphatic rings. The van der Waals surface area contributed by atoms with Gasteiger partial charge in [0.25, 0.3) is 0 Å². The molecule has 1 aromatic rings. The third-order valence-corrected chi connectivity index (χ3v) is 2.32. The minimum absolute atomic E-state index is 0.230. The fourth-order valence-electron chi connectivity index (χ4n) is 1.38. The van der Waals surface area contributed by atoms with Crippen LogP contribution in [0.3, 0.4) is 0 Å². The number of methoxy groups -OCH3 is 1. The van der Waals surface area contributed by atoms with E-state index in [1.54, 1.807) is 13.4 Å². The van der Waals surface area contributed by atoms with Crippen molar-refractivity contribution < 1.29 is 14.6 Å². The van der Waals surface area contributed by atoms with Gasteiger partial charge in [0.1, 0.15) is 0 Å². The van der Waals surface area contributed by atoms with Crippen molar-refractivity contribution in [1.82, 2.24) is 0 Å². The molecule has 0 heterocycles. The van der Waals surface area contributed by atoms with Gasteiger partial charge in [-0.05, 0) is 30.0 Å². The molecule has 0 saturated heterocycles. The lowest BCUT2D eigenvalue weighted by molar-refractivity contribution is 0.185. The van der Waals surface area contributed by atoms with Gasteiger partial charge in [0.05, 0.1) is 19.5 Å². The van der Waals surface area contributed by atoms with E-state index in [0.717, 1.165) is 24.0 Å². The van der Waals surface area contributed by atoms with Crippen LogP contribution >= 0.6 is 0 Å². The van der Waals surface area contributed by atoms with Crippen LogP contribution in [-0.4, -0.2) is 25.4 Å². The monoisotopic (exact) mass is 236 g/mol. The van der Waals surface area contributed by atoms with Crippen LogP contribution in [0.2, 0.25) is 0 Å². The van der Waals surface area contributed by atoms with E-state index in [-0.39, 0.29) is 6.61 Å². The first-order valence-electron chi connectivity index (χ1n) is 5.83. The van der Waals surface area contributed by atoms with Gasteiger partial charge in [0.15, 0.2) is 0 Å². The molecule has 0 radical (unpaired) electrons. The lowest BCUT2D eigenvalue weighted by Crippen LogP contribution is -1.90. The zero-order valence-electron chi connectivity index (χ0n) is 10.3. The highest BCUT2D eigenvalue weighted by molar-refractivity contribution is 5.48. The second kappa shape index (κ2) is 8.79. The van der Waals surface area contributed by atoms with Crippen LogP contribution in [-0.2, 0) is 16.1 Å². The van der Waals surface area contributed by atoms with Crippen molar-refractivity contribution in [2.75, 3.05) is 20.3 Å². The highest BCUT2D eigenvalue weighted by atomic mass is 16.5. The summed E-state index contributed by atoms with van der Waals surface area (Å²) in [5, 5.41) is 8.59. The predicted molar refractivity (Wildman–Crippen MR) is 68.5 cm³/mol. The van der Waals surface area contributed by atoms with Gasteiger partial charge in [0, 0.05) is 13.7 Å². The first-order valence-corrected chi connectivity index (χ1v) is 5.83. The smallest absolute Gasteiger partial charge is 0.0874 e. The van der Waals surface area contributed by atoms with E-state index in [1.807, 2.05) is 30.3 Å². The Labute approximate surface area is 103 Å². The summed E-state index contributed by atoms with van der Waals surface area (Å²) in [5.74, 6) is 0. The average molecular weight is 236 g/mol. The summed E-state index contributed by atoms with van der Waals surface area (Å²) in [6.07, 6.45) is 5.30. The van der Waals surface area contributed by atoms with Crippen LogP contribution in [0.15, 0.2) is 30.5 Å². The van der Waals surface area contributed by atoms with Crippen molar-refractivity contribution in [2.45, 2.75) is 19.4 Å². The van der Waals surface area contributed by atoms with Gasteiger partial charge in [-0.1, -0.05) is 24.3 Å². The fourth-order valence-corrected chi connectivity index (χ4v) is 1.38. The van der Waals surface area contributed by atoms with Crippen LogP contribution in [0.4, 0.5) is 0 Å². The van der Waals surface area contributed by atoms with Crippen LogP contribution in [0, 0.1) is 0 Å². The van der Waals surface area contributed by atoms with Gasteiger partial charge >= 0.3 is 0 Å². The van der Waals surface area contributed by atoms with E-state index >= 15 is 0 Å². The predicted octanol–water partition coefficient (Wildman–Crippen LogP) is 2.59. The lowest BCUT2D eigenvalue weighted by Gasteiger charge is -2.01. The zero-order valence-corrected chi connectivity index (χ0v) is 10.3. The lowest BCUT2D eigenvalue weighted by atomic mass is 10.1. The summed E-state index contributed by atoms with van der Waals surface area (Å²) in [4.78, 5) is 0. The first-order chi connectivity index (χ1) is 8.36. The third kappa shape index (κ3) is 6.09. The van der Waals surface area contributed by atoms with Crippen molar-refractivity contribution in [2.24, 2.45) is 0 Å². The Hall–Kier alpha value is -1.32. The van der Waals surface area contributed by atoms with Crippen LogP contribution in [0.25, 0.3) is 6.08 Å². The Balaban J connectivity index is 2.28. The maximum Gasteiger partial charge on any atom is 0.0874 e. The number of aliphatic hydroxyl groups excluding tert-OH is 1. The number of benzene rings is 1. The Bertz CT molecular complexity index is 317. The van der Waals surface area contributed by atoms with E-state index in [0.29, 0.717) is 13.2 Å². The average Bonchev–Trinajstić information content (AvgIpc) is 2.36. The van der Waals surface area contributed by atoms with Gasteiger partial charge in [-0.15, -0.1) is 0 Å². The highest BCUT2D eigenvalue weighted by Gasteiger charge is 1.91. The molecule has 0 fully saturated rings. The molecule has 0 unspecified atom stereocenters. The van der Waals surface area contributed by atoms with Crippen molar-refractivity contribution in [1.29, 1.82) is 0 Å². The summed E-state index contributed by atoms with van der Waals surface area (Å²) < 4.78 is 10.3. The SMILES string of the molecule is COCc1ccc(/C=C/OCCCCO)cc1. The minimum atomic E-state index is 0.230. The van der Waals surface area contributed by atoms with E-state index in [4.69, 9.17) is 14.6 Å². The molecule has 0 atom stereocenters. The quantitative estimate of drug-likeness (QED) is 0.557. The fraction of sp³-hybridized carbons (Fsp3) is 0.429. The molecule has 3 nitrogen and oxygen atoms in total. The summed E-state index contributed by atoms with van der Waals surface area (Å²) in [6, 6.07) is 8.13. The van der Waals surface area contributed by atoms with Crippen molar-refractivity contribution in [3.05, 3.63) is 41.7 Å². The van der Waals surface area contributed by atoms with Gasteiger partial charge in [0.2, 0.25) is 0 Å². The summed E-state index contributed by atoms with van der Waals surface area (Å²) in [5.41, 5.74) is 2.26. The molecule has 0 aliphatic carbocycles. The Morgan fingerprint density at radius 1 is 1.18 bits per heavy atom. The Morgan fingerprint density at radius 3 is 2.59 bits per heavy atom. The molecule has 0 spiro atoms. The van der Waals surface area contributed by atoms with Crippen LogP contribution < -0.4 is 0 Å². The Morgan fingerprint density at radius 2 is 1.94 bits per heavy atom. The maximum absolute atomic E-state index is 8.59. The molecular weight excluding hydrogens is 216 g/mol. The molecule has 0 bridgehead atoms.